The lowest BCUT2D eigenvalue weighted by Crippen LogP contribution is -2.51. The van der Waals surface area contributed by atoms with Gasteiger partial charge in [0.2, 0.25) is 0 Å². The molecule has 1 heterocycles. The van der Waals surface area contributed by atoms with Gasteiger partial charge in [0, 0.05) is 32.1 Å². The molecular weight excluding hydrogens is 268 g/mol. The molecule has 0 bridgehead atoms. The van der Waals surface area contributed by atoms with Crippen LogP contribution in [0.25, 0.3) is 0 Å². The molecule has 2 rings (SSSR count). The monoisotopic (exact) mass is 296 g/mol. The minimum atomic E-state index is -0.767. The number of carboxylic acid groups (broad SMARTS) is 1. The van der Waals surface area contributed by atoms with Crippen LogP contribution in [0.2, 0.25) is 0 Å². The van der Waals surface area contributed by atoms with Crippen molar-refractivity contribution in [1.82, 2.24) is 9.80 Å². The normalized spacial score (nSPS) is 22.1. The van der Waals surface area contributed by atoms with E-state index in [1.807, 2.05) is 9.80 Å². The van der Waals surface area contributed by atoms with Crippen LogP contribution in [0.4, 0.5) is 4.79 Å². The number of carboxylic acids is 1. The average Bonchev–Trinajstić information content (AvgIpc) is 3.28. The Bertz CT molecular complexity index is 369. The first-order chi connectivity index (χ1) is 10.1. The highest BCUT2D eigenvalue weighted by molar-refractivity contribution is 5.75. The van der Waals surface area contributed by atoms with Gasteiger partial charge in [0.1, 0.15) is 0 Å². The standard InChI is InChI=1S/C16H28N2O3/c1-2-10-17(12-13-6-7-13)16(21)18-11-4-3-5-14(18)8-9-15(19)20/h13-14H,2-12H2,1H3,(H,19,20). The van der Waals surface area contributed by atoms with E-state index in [0.717, 1.165) is 45.3 Å². The van der Waals surface area contributed by atoms with Crippen LogP contribution in [0.15, 0.2) is 0 Å². The molecule has 0 aromatic rings. The third-order valence-electron chi connectivity index (χ3n) is 4.50. The van der Waals surface area contributed by atoms with E-state index in [-0.39, 0.29) is 18.5 Å². The maximum absolute atomic E-state index is 12.8. The van der Waals surface area contributed by atoms with Crippen LogP contribution in [-0.4, -0.2) is 52.6 Å². The molecule has 1 unspecified atom stereocenters. The summed E-state index contributed by atoms with van der Waals surface area (Å²) >= 11 is 0. The van der Waals surface area contributed by atoms with Gasteiger partial charge >= 0.3 is 12.0 Å². The molecule has 1 saturated carbocycles. The van der Waals surface area contributed by atoms with Gasteiger partial charge in [-0.05, 0) is 50.9 Å². The van der Waals surface area contributed by atoms with Crippen molar-refractivity contribution in [1.29, 1.82) is 0 Å². The minimum Gasteiger partial charge on any atom is -0.481 e. The summed E-state index contributed by atoms with van der Waals surface area (Å²) < 4.78 is 0. The molecule has 21 heavy (non-hydrogen) atoms. The minimum absolute atomic E-state index is 0.112. The molecule has 5 heteroatoms. The lowest BCUT2D eigenvalue weighted by molar-refractivity contribution is -0.137. The zero-order valence-electron chi connectivity index (χ0n) is 13.1. The molecule has 0 aromatic heterocycles. The highest BCUT2D eigenvalue weighted by Crippen LogP contribution is 2.31. The van der Waals surface area contributed by atoms with Gasteiger partial charge in [0.25, 0.3) is 0 Å². The van der Waals surface area contributed by atoms with Crippen molar-refractivity contribution in [2.45, 2.75) is 64.3 Å². The first kappa shape index (κ1) is 16.1. The Morgan fingerprint density at radius 1 is 1.24 bits per heavy atom. The van der Waals surface area contributed by atoms with E-state index >= 15 is 0 Å². The fraction of sp³-hybridized carbons (Fsp3) is 0.875. The van der Waals surface area contributed by atoms with E-state index in [4.69, 9.17) is 5.11 Å². The van der Waals surface area contributed by atoms with Crippen molar-refractivity contribution in [2.24, 2.45) is 5.92 Å². The van der Waals surface area contributed by atoms with Gasteiger partial charge in [0.15, 0.2) is 0 Å². The molecule has 0 spiro atoms. The van der Waals surface area contributed by atoms with Crippen molar-refractivity contribution in [2.75, 3.05) is 19.6 Å². The van der Waals surface area contributed by atoms with Crippen LogP contribution < -0.4 is 0 Å². The number of carbonyl (C=O) groups excluding carboxylic acids is 1. The maximum Gasteiger partial charge on any atom is 0.320 e. The van der Waals surface area contributed by atoms with Gasteiger partial charge in [-0.2, -0.15) is 0 Å². The molecule has 1 saturated heterocycles. The van der Waals surface area contributed by atoms with Gasteiger partial charge in [-0.3, -0.25) is 4.79 Å². The van der Waals surface area contributed by atoms with Gasteiger partial charge < -0.3 is 14.9 Å². The summed E-state index contributed by atoms with van der Waals surface area (Å²) in [6.07, 6.45) is 7.30. The molecule has 5 nitrogen and oxygen atoms in total. The second-order valence-corrected chi connectivity index (χ2v) is 6.45. The molecular formula is C16H28N2O3. The number of amides is 2. The van der Waals surface area contributed by atoms with Crippen LogP contribution in [0, 0.1) is 5.92 Å². The van der Waals surface area contributed by atoms with Crippen molar-refractivity contribution in [3.05, 3.63) is 0 Å². The second-order valence-electron chi connectivity index (χ2n) is 6.45. The molecule has 2 amide bonds. The number of urea groups is 1. The molecule has 1 atom stereocenters. The van der Waals surface area contributed by atoms with E-state index in [1.54, 1.807) is 0 Å². The number of aliphatic carboxylic acids is 1. The first-order valence-electron chi connectivity index (χ1n) is 8.39. The Hall–Kier alpha value is -1.26. The Morgan fingerprint density at radius 2 is 2.00 bits per heavy atom. The fourth-order valence-electron chi connectivity index (χ4n) is 3.17. The summed E-state index contributed by atoms with van der Waals surface area (Å²) in [7, 11) is 0. The van der Waals surface area contributed by atoms with E-state index in [0.29, 0.717) is 12.3 Å². The van der Waals surface area contributed by atoms with Crippen LogP contribution in [-0.2, 0) is 4.79 Å². The SMILES string of the molecule is CCCN(CC1CC1)C(=O)N1CCCCC1CCC(=O)O. The predicted octanol–water partition coefficient (Wildman–Crippen LogP) is 2.95. The molecule has 1 N–H and O–H groups in total. The molecule has 0 aromatic carbocycles. The van der Waals surface area contributed by atoms with Crippen molar-refractivity contribution in [3.8, 4) is 0 Å². The Labute approximate surface area is 127 Å². The lowest BCUT2D eigenvalue weighted by Gasteiger charge is -2.39. The quantitative estimate of drug-likeness (QED) is 0.785. The third-order valence-corrected chi connectivity index (χ3v) is 4.50. The van der Waals surface area contributed by atoms with Crippen LogP contribution in [0.5, 0.6) is 0 Å². The average molecular weight is 296 g/mol. The van der Waals surface area contributed by atoms with Crippen molar-refractivity contribution < 1.29 is 14.7 Å². The Kier molecular flexibility index (Phi) is 5.88. The van der Waals surface area contributed by atoms with E-state index in [1.165, 1.54) is 12.8 Å². The summed E-state index contributed by atoms with van der Waals surface area (Å²) in [5, 5.41) is 8.88. The van der Waals surface area contributed by atoms with Gasteiger partial charge in [0.05, 0.1) is 0 Å². The molecule has 2 fully saturated rings. The second kappa shape index (κ2) is 7.66. The van der Waals surface area contributed by atoms with Gasteiger partial charge in [-0.1, -0.05) is 6.92 Å². The predicted molar refractivity (Wildman–Crippen MR) is 81.2 cm³/mol. The summed E-state index contributed by atoms with van der Waals surface area (Å²) in [4.78, 5) is 27.6. The number of hydrogen-bond donors (Lipinski definition) is 1. The zero-order chi connectivity index (χ0) is 15.2. The maximum atomic E-state index is 12.8. The van der Waals surface area contributed by atoms with Gasteiger partial charge in [-0.15, -0.1) is 0 Å². The molecule has 0 radical (unpaired) electrons. The summed E-state index contributed by atoms with van der Waals surface area (Å²) in [6, 6.07) is 0.250. The molecule has 1 aliphatic heterocycles. The van der Waals surface area contributed by atoms with Crippen LogP contribution in [0.3, 0.4) is 0 Å². The number of rotatable bonds is 7. The largest absolute Gasteiger partial charge is 0.481 e. The summed E-state index contributed by atoms with van der Waals surface area (Å²) in [5.41, 5.74) is 0. The van der Waals surface area contributed by atoms with Crippen LogP contribution in [0.1, 0.15) is 58.3 Å². The van der Waals surface area contributed by atoms with Crippen molar-refractivity contribution >= 4 is 12.0 Å². The lowest BCUT2D eigenvalue weighted by atomic mass is 9.98. The number of nitrogens with zero attached hydrogens (tertiary/aromatic N) is 2. The highest BCUT2D eigenvalue weighted by Gasteiger charge is 2.32. The Balaban J connectivity index is 1.95. The number of likely N-dealkylation sites (tertiary alicyclic amines) is 1. The third kappa shape index (κ3) is 4.90. The highest BCUT2D eigenvalue weighted by atomic mass is 16.4. The summed E-state index contributed by atoms with van der Waals surface area (Å²) in [6.45, 7) is 4.59. The smallest absolute Gasteiger partial charge is 0.320 e. The number of piperidine rings is 1. The van der Waals surface area contributed by atoms with Crippen LogP contribution >= 0.6 is 0 Å². The number of carbonyl (C=O) groups is 2. The zero-order valence-corrected chi connectivity index (χ0v) is 13.1. The van der Waals surface area contributed by atoms with Gasteiger partial charge in [-0.25, -0.2) is 4.79 Å². The van der Waals surface area contributed by atoms with Crippen molar-refractivity contribution in [3.63, 3.8) is 0 Å². The topological polar surface area (TPSA) is 60.9 Å². The molecule has 1 aliphatic carbocycles. The Morgan fingerprint density at radius 3 is 2.62 bits per heavy atom. The van der Waals surface area contributed by atoms with E-state index < -0.39 is 5.97 Å². The van der Waals surface area contributed by atoms with E-state index in [2.05, 4.69) is 6.92 Å². The van der Waals surface area contributed by atoms with E-state index in [9.17, 15) is 9.59 Å². The first-order valence-corrected chi connectivity index (χ1v) is 8.39. The fourth-order valence-corrected chi connectivity index (χ4v) is 3.17. The number of hydrogen-bond acceptors (Lipinski definition) is 2. The molecule has 120 valence electrons. The summed E-state index contributed by atoms with van der Waals surface area (Å²) in [5.74, 6) is -0.0703. The molecule has 2 aliphatic rings.